The van der Waals surface area contributed by atoms with Crippen LogP contribution < -0.4 is 10.5 Å². The maximum Gasteiger partial charge on any atom is 0.341 e. The third kappa shape index (κ3) is 4.87. The van der Waals surface area contributed by atoms with Gasteiger partial charge in [-0.3, -0.25) is 4.79 Å². The number of rotatable bonds is 6. The molecular weight excluding hydrogens is 226 g/mol. The van der Waals surface area contributed by atoms with Crippen LogP contribution in [-0.4, -0.2) is 30.3 Å². The average Bonchev–Trinajstić information content (AvgIpc) is 2.29. The number of para-hydroxylation sites is 2. The first-order chi connectivity index (χ1) is 8.09. The standard InChI is InChI=1S/C11H13NO5/c12-8-3-1-2-4-9(8)16-6-5-11(15)17-7-10(13)14/h1-4H,5-7,12H2,(H,13,14). The Balaban J connectivity index is 2.26. The molecule has 0 bridgehead atoms. The number of esters is 1. The van der Waals surface area contributed by atoms with Crippen LogP contribution >= 0.6 is 0 Å². The number of hydrogen-bond acceptors (Lipinski definition) is 5. The van der Waals surface area contributed by atoms with Crippen LogP contribution in [0.3, 0.4) is 0 Å². The average molecular weight is 239 g/mol. The summed E-state index contributed by atoms with van der Waals surface area (Å²) in [5.41, 5.74) is 6.10. The molecule has 17 heavy (non-hydrogen) atoms. The zero-order valence-electron chi connectivity index (χ0n) is 9.09. The number of anilines is 1. The number of ether oxygens (including phenoxy) is 2. The van der Waals surface area contributed by atoms with E-state index >= 15 is 0 Å². The number of carbonyl (C=O) groups is 2. The minimum atomic E-state index is -1.19. The van der Waals surface area contributed by atoms with Gasteiger partial charge in [0, 0.05) is 0 Å². The van der Waals surface area contributed by atoms with Crippen LogP contribution in [0, 0.1) is 0 Å². The van der Waals surface area contributed by atoms with Crippen molar-refractivity contribution in [2.75, 3.05) is 18.9 Å². The van der Waals surface area contributed by atoms with Gasteiger partial charge in [-0.15, -0.1) is 0 Å². The molecule has 6 heteroatoms. The van der Waals surface area contributed by atoms with Gasteiger partial charge >= 0.3 is 11.9 Å². The normalized spacial score (nSPS) is 9.65. The highest BCUT2D eigenvalue weighted by Gasteiger charge is 2.06. The Bertz CT molecular complexity index is 405. The number of benzene rings is 1. The maximum atomic E-state index is 11.0. The lowest BCUT2D eigenvalue weighted by molar-refractivity contribution is -0.155. The number of carbonyl (C=O) groups excluding carboxylic acids is 1. The Hall–Kier alpha value is -2.24. The molecule has 1 aromatic carbocycles. The molecule has 6 nitrogen and oxygen atoms in total. The van der Waals surface area contributed by atoms with E-state index in [0.717, 1.165) is 0 Å². The summed E-state index contributed by atoms with van der Waals surface area (Å²) in [5, 5.41) is 8.28. The van der Waals surface area contributed by atoms with Gasteiger partial charge in [0.2, 0.25) is 0 Å². The van der Waals surface area contributed by atoms with E-state index in [2.05, 4.69) is 4.74 Å². The van der Waals surface area contributed by atoms with Crippen LogP contribution in [0.15, 0.2) is 24.3 Å². The maximum absolute atomic E-state index is 11.0. The van der Waals surface area contributed by atoms with Crippen molar-refractivity contribution in [3.63, 3.8) is 0 Å². The Morgan fingerprint density at radius 2 is 2.00 bits per heavy atom. The van der Waals surface area contributed by atoms with Crippen molar-refractivity contribution in [3.05, 3.63) is 24.3 Å². The van der Waals surface area contributed by atoms with E-state index in [-0.39, 0.29) is 13.0 Å². The third-order valence-corrected chi connectivity index (χ3v) is 1.84. The molecule has 1 rings (SSSR count). The predicted molar refractivity (Wildman–Crippen MR) is 59.6 cm³/mol. The zero-order chi connectivity index (χ0) is 12.7. The number of aliphatic carboxylic acids is 1. The lowest BCUT2D eigenvalue weighted by Crippen LogP contribution is -2.15. The Labute approximate surface area is 97.9 Å². The highest BCUT2D eigenvalue weighted by atomic mass is 16.6. The van der Waals surface area contributed by atoms with Gasteiger partial charge in [0.15, 0.2) is 6.61 Å². The molecule has 0 heterocycles. The fourth-order valence-electron chi connectivity index (χ4n) is 1.07. The van der Waals surface area contributed by atoms with E-state index in [1.807, 2.05) is 0 Å². The van der Waals surface area contributed by atoms with Gasteiger partial charge in [0.05, 0.1) is 18.7 Å². The minimum Gasteiger partial charge on any atom is -0.491 e. The smallest absolute Gasteiger partial charge is 0.341 e. The third-order valence-electron chi connectivity index (χ3n) is 1.84. The predicted octanol–water partition coefficient (Wildman–Crippen LogP) is 0.665. The van der Waals surface area contributed by atoms with E-state index in [4.69, 9.17) is 15.6 Å². The van der Waals surface area contributed by atoms with Crippen molar-refractivity contribution in [2.24, 2.45) is 0 Å². The van der Waals surface area contributed by atoms with E-state index in [1.165, 1.54) is 0 Å². The fourth-order valence-corrected chi connectivity index (χ4v) is 1.07. The van der Waals surface area contributed by atoms with Gasteiger partial charge in [-0.2, -0.15) is 0 Å². The molecule has 3 N–H and O–H groups in total. The van der Waals surface area contributed by atoms with Crippen molar-refractivity contribution >= 4 is 17.6 Å². The summed E-state index contributed by atoms with van der Waals surface area (Å²) in [5.74, 6) is -1.33. The monoisotopic (exact) mass is 239 g/mol. The van der Waals surface area contributed by atoms with Crippen LogP contribution in [0.1, 0.15) is 6.42 Å². The molecule has 0 aliphatic heterocycles. The lowest BCUT2D eigenvalue weighted by Gasteiger charge is -2.07. The van der Waals surface area contributed by atoms with E-state index < -0.39 is 18.5 Å². The molecule has 0 saturated carbocycles. The zero-order valence-corrected chi connectivity index (χ0v) is 9.09. The van der Waals surface area contributed by atoms with Crippen molar-refractivity contribution in [3.8, 4) is 5.75 Å². The summed E-state index contributed by atoms with van der Waals surface area (Å²) >= 11 is 0. The lowest BCUT2D eigenvalue weighted by atomic mass is 10.3. The Kier molecular flexibility index (Phi) is 4.80. The number of carboxylic acids is 1. The summed E-state index contributed by atoms with van der Waals surface area (Å²) in [7, 11) is 0. The summed E-state index contributed by atoms with van der Waals surface area (Å²) in [4.78, 5) is 21.1. The highest BCUT2D eigenvalue weighted by molar-refractivity contribution is 5.75. The van der Waals surface area contributed by atoms with Gasteiger partial charge in [0.1, 0.15) is 5.75 Å². The first kappa shape index (κ1) is 12.8. The largest absolute Gasteiger partial charge is 0.491 e. The molecule has 0 amide bonds. The molecule has 0 unspecified atom stereocenters. The van der Waals surface area contributed by atoms with Crippen LogP contribution in [0.2, 0.25) is 0 Å². The molecule has 0 atom stereocenters. The topological polar surface area (TPSA) is 98.9 Å². The van der Waals surface area contributed by atoms with Crippen LogP contribution in [0.25, 0.3) is 0 Å². The van der Waals surface area contributed by atoms with E-state index in [9.17, 15) is 9.59 Å². The van der Waals surface area contributed by atoms with Crippen molar-refractivity contribution in [1.82, 2.24) is 0 Å². The van der Waals surface area contributed by atoms with Gasteiger partial charge in [0.25, 0.3) is 0 Å². The summed E-state index contributed by atoms with van der Waals surface area (Å²) < 4.78 is 9.66. The van der Waals surface area contributed by atoms with Crippen molar-refractivity contribution in [2.45, 2.75) is 6.42 Å². The van der Waals surface area contributed by atoms with Crippen molar-refractivity contribution in [1.29, 1.82) is 0 Å². The van der Waals surface area contributed by atoms with Gasteiger partial charge in [-0.25, -0.2) is 4.79 Å². The van der Waals surface area contributed by atoms with Gasteiger partial charge in [-0.05, 0) is 12.1 Å². The molecule has 0 radical (unpaired) electrons. The highest BCUT2D eigenvalue weighted by Crippen LogP contribution is 2.19. The van der Waals surface area contributed by atoms with Gasteiger partial charge in [-0.1, -0.05) is 12.1 Å². The summed E-state index contributed by atoms with van der Waals surface area (Å²) in [6.07, 6.45) is -0.0262. The van der Waals surface area contributed by atoms with Gasteiger partial charge < -0.3 is 20.3 Å². The van der Waals surface area contributed by atoms with Crippen molar-refractivity contribution < 1.29 is 24.2 Å². The molecule has 0 spiro atoms. The van der Waals surface area contributed by atoms with Crippen LogP contribution in [0.5, 0.6) is 5.75 Å². The first-order valence-corrected chi connectivity index (χ1v) is 4.94. The van der Waals surface area contributed by atoms with Crippen LogP contribution in [0.4, 0.5) is 5.69 Å². The Morgan fingerprint density at radius 3 is 2.65 bits per heavy atom. The minimum absolute atomic E-state index is 0.0262. The molecule has 0 aliphatic rings. The molecule has 0 fully saturated rings. The number of carboxylic acid groups (broad SMARTS) is 1. The van der Waals surface area contributed by atoms with Crippen LogP contribution in [-0.2, 0) is 14.3 Å². The SMILES string of the molecule is Nc1ccccc1OCCC(=O)OCC(=O)O. The summed E-state index contributed by atoms with van der Waals surface area (Å²) in [6.45, 7) is -0.543. The first-order valence-electron chi connectivity index (χ1n) is 4.94. The Morgan fingerprint density at radius 1 is 1.29 bits per heavy atom. The second-order valence-corrected chi connectivity index (χ2v) is 3.19. The summed E-state index contributed by atoms with van der Waals surface area (Å²) in [6, 6.07) is 6.88. The number of nitrogens with two attached hydrogens (primary N) is 1. The van der Waals surface area contributed by atoms with E-state index in [1.54, 1.807) is 24.3 Å². The number of hydrogen-bond donors (Lipinski definition) is 2. The second kappa shape index (κ2) is 6.37. The molecule has 0 saturated heterocycles. The number of nitrogen functional groups attached to an aromatic ring is 1. The second-order valence-electron chi connectivity index (χ2n) is 3.19. The quantitative estimate of drug-likeness (QED) is 0.559. The van der Waals surface area contributed by atoms with E-state index in [0.29, 0.717) is 11.4 Å². The fraction of sp³-hybridized carbons (Fsp3) is 0.273. The molecule has 1 aromatic rings. The molecule has 0 aliphatic carbocycles. The molecular formula is C11H13NO5. The molecule has 0 aromatic heterocycles. The molecule has 92 valence electrons.